The number of rotatable bonds is 4. The largest absolute Gasteiger partial charge is 0.481 e. The number of para-hydroxylation sites is 1. The summed E-state index contributed by atoms with van der Waals surface area (Å²) in [5.41, 5.74) is 3.75. The number of hydrogen-bond donors (Lipinski definition) is 3. The van der Waals surface area contributed by atoms with E-state index in [1.54, 1.807) is 34.4 Å². The Balaban J connectivity index is 1.19. The van der Waals surface area contributed by atoms with E-state index in [4.69, 9.17) is 4.74 Å². The molecular formula is C25H19N5O3S. The van der Waals surface area contributed by atoms with Crippen molar-refractivity contribution >= 4 is 61.5 Å². The van der Waals surface area contributed by atoms with Crippen LogP contribution in [0.3, 0.4) is 0 Å². The molecule has 1 aliphatic rings. The standard InChI is InChI=1S/C25H19N5O3S/c31-24-14-33-21-12-17(28-25(32)27-16-6-5-15-9-10-26-19(15)11-16)7-8-20(21)30(24)13-23-29-18-3-1-2-4-22(18)34-23/h1-12,26H,13-14H2,(H2,27,28,32). The minimum Gasteiger partial charge on any atom is -0.481 e. The van der Waals surface area contributed by atoms with Gasteiger partial charge in [-0.15, -0.1) is 11.3 Å². The summed E-state index contributed by atoms with van der Waals surface area (Å²) in [5, 5.41) is 7.58. The van der Waals surface area contributed by atoms with Crippen LogP contribution in [0.4, 0.5) is 21.9 Å². The van der Waals surface area contributed by atoms with Crippen molar-refractivity contribution in [1.29, 1.82) is 0 Å². The summed E-state index contributed by atoms with van der Waals surface area (Å²) in [6.07, 6.45) is 1.85. The second-order valence-electron chi connectivity index (χ2n) is 7.89. The van der Waals surface area contributed by atoms with Gasteiger partial charge in [0.15, 0.2) is 6.61 Å². The third-order valence-electron chi connectivity index (χ3n) is 5.61. The molecular weight excluding hydrogens is 450 g/mol. The normalized spacial score (nSPS) is 13.1. The SMILES string of the molecule is O=C(Nc1ccc2c(c1)OCC(=O)N2Cc1nc2ccccc2s1)Nc1ccc2cc[nH]c2c1. The molecule has 0 atom stereocenters. The van der Waals surface area contributed by atoms with Crippen LogP contribution in [0.2, 0.25) is 0 Å². The lowest BCUT2D eigenvalue weighted by atomic mass is 10.2. The van der Waals surface area contributed by atoms with E-state index in [0.717, 1.165) is 26.1 Å². The second kappa shape index (κ2) is 8.20. The predicted molar refractivity (Wildman–Crippen MR) is 134 cm³/mol. The smallest absolute Gasteiger partial charge is 0.323 e. The Morgan fingerprint density at radius 3 is 2.76 bits per heavy atom. The van der Waals surface area contributed by atoms with Gasteiger partial charge in [-0.2, -0.15) is 0 Å². The van der Waals surface area contributed by atoms with Crippen molar-refractivity contribution in [3.63, 3.8) is 0 Å². The molecule has 34 heavy (non-hydrogen) atoms. The molecule has 3 heterocycles. The Labute approximate surface area is 198 Å². The quantitative estimate of drug-likeness (QED) is 0.330. The van der Waals surface area contributed by atoms with E-state index < -0.39 is 0 Å². The molecule has 8 nitrogen and oxygen atoms in total. The number of urea groups is 1. The lowest BCUT2D eigenvalue weighted by Gasteiger charge is -2.29. The number of amides is 3. The number of nitrogens with one attached hydrogen (secondary N) is 3. The molecule has 3 amide bonds. The van der Waals surface area contributed by atoms with Crippen LogP contribution in [0.1, 0.15) is 5.01 Å². The van der Waals surface area contributed by atoms with Crippen molar-refractivity contribution < 1.29 is 14.3 Å². The lowest BCUT2D eigenvalue weighted by Crippen LogP contribution is -2.38. The van der Waals surface area contributed by atoms with Gasteiger partial charge in [-0.25, -0.2) is 9.78 Å². The molecule has 0 aliphatic carbocycles. The van der Waals surface area contributed by atoms with Gasteiger partial charge >= 0.3 is 6.03 Å². The molecule has 5 aromatic rings. The predicted octanol–water partition coefficient (Wildman–Crippen LogP) is 5.35. The zero-order valence-corrected chi connectivity index (χ0v) is 18.7. The van der Waals surface area contributed by atoms with E-state index in [2.05, 4.69) is 20.6 Å². The van der Waals surface area contributed by atoms with E-state index in [-0.39, 0.29) is 18.5 Å². The van der Waals surface area contributed by atoms with E-state index in [0.29, 0.717) is 29.4 Å². The highest BCUT2D eigenvalue weighted by molar-refractivity contribution is 7.18. The summed E-state index contributed by atoms with van der Waals surface area (Å²) in [5.74, 6) is 0.399. The first-order valence-corrected chi connectivity index (χ1v) is 11.5. The average Bonchev–Trinajstić information content (AvgIpc) is 3.47. The number of fused-ring (bicyclic) bond motifs is 3. The highest BCUT2D eigenvalue weighted by Gasteiger charge is 2.27. The highest BCUT2D eigenvalue weighted by atomic mass is 32.1. The first-order chi connectivity index (χ1) is 16.6. The Kier molecular flexibility index (Phi) is 4.88. The van der Waals surface area contributed by atoms with Crippen LogP contribution in [-0.4, -0.2) is 28.5 Å². The van der Waals surface area contributed by atoms with Crippen LogP contribution in [0.5, 0.6) is 5.75 Å². The number of aromatic nitrogens is 2. The minimum absolute atomic E-state index is 0.0658. The molecule has 9 heteroatoms. The van der Waals surface area contributed by atoms with Crippen molar-refractivity contribution in [2.45, 2.75) is 6.54 Å². The molecule has 6 rings (SSSR count). The average molecular weight is 470 g/mol. The van der Waals surface area contributed by atoms with Crippen molar-refractivity contribution in [3.05, 3.63) is 77.9 Å². The van der Waals surface area contributed by atoms with Crippen LogP contribution in [0.25, 0.3) is 21.1 Å². The molecule has 0 unspecified atom stereocenters. The van der Waals surface area contributed by atoms with Gasteiger partial charge in [0.25, 0.3) is 5.91 Å². The Morgan fingerprint density at radius 1 is 1.06 bits per heavy atom. The number of aromatic amines is 1. The first-order valence-electron chi connectivity index (χ1n) is 10.7. The van der Waals surface area contributed by atoms with Gasteiger partial charge in [0.05, 0.1) is 22.4 Å². The van der Waals surface area contributed by atoms with Crippen LogP contribution in [0, 0.1) is 0 Å². The second-order valence-corrected chi connectivity index (χ2v) is 9.00. The molecule has 0 saturated carbocycles. The molecule has 0 radical (unpaired) electrons. The molecule has 0 saturated heterocycles. The fourth-order valence-electron chi connectivity index (χ4n) is 4.00. The molecule has 3 aromatic carbocycles. The van der Waals surface area contributed by atoms with Crippen molar-refractivity contribution in [2.24, 2.45) is 0 Å². The molecule has 3 N–H and O–H groups in total. The molecule has 168 valence electrons. The number of carbonyl (C=O) groups excluding carboxylic acids is 2. The van der Waals surface area contributed by atoms with E-state index >= 15 is 0 Å². The summed E-state index contributed by atoms with van der Waals surface area (Å²) in [4.78, 5) is 34.6. The number of H-pyrrole nitrogens is 1. The van der Waals surface area contributed by atoms with Crippen molar-refractivity contribution in [2.75, 3.05) is 22.1 Å². The van der Waals surface area contributed by atoms with Crippen LogP contribution >= 0.6 is 11.3 Å². The minimum atomic E-state index is -0.371. The monoisotopic (exact) mass is 469 g/mol. The number of thiazole rings is 1. The Bertz CT molecular complexity index is 1520. The lowest BCUT2D eigenvalue weighted by molar-refractivity contribution is -0.121. The number of carbonyl (C=O) groups is 2. The maximum Gasteiger partial charge on any atom is 0.323 e. The van der Waals surface area contributed by atoms with Crippen LogP contribution in [-0.2, 0) is 11.3 Å². The Morgan fingerprint density at radius 2 is 1.88 bits per heavy atom. The van der Waals surface area contributed by atoms with Crippen LogP contribution < -0.4 is 20.3 Å². The zero-order valence-electron chi connectivity index (χ0n) is 17.9. The topological polar surface area (TPSA) is 99.3 Å². The Hall–Kier alpha value is -4.37. The molecule has 0 fully saturated rings. The number of ether oxygens (including phenoxy) is 1. The van der Waals surface area contributed by atoms with Gasteiger partial charge in [-0.1, -0.05) is 18.2 Å². The van der Waals surface area contributed by atoms with Gasteiger partial charge in [0.1, 0.15) is 10.8 Å². The molecule has 1 aliphatic heterocycles. The number of hydrogen-bond acceptors (Lipinski definition) is 5. The highest BCUT2D eigenvalue weighted by Crippen LogP contribution is 2.36. The van der Waals surface area contributed by atoms with Gasteiger partial charge in [-0.3, -0.25) is 9.69 Å². The van der Waals surface area contributed by atoms with E-state index in [1.807, 2.05) is 54.7 Å². The van der Waals surface area contributed by atoms with Gasteiger partial charge in [-0.05, 0) is 47.9 Å². The van der Waals surface area contributed by atoms with E-state index in [1.165, 1.54) is 0 Å². The maximum absolute atomic E-state index is 12.6. The summed E-state index contributed by atoms with van der Waals surface area (Å²) in [6, 6.07) is 20.4. The van der Waals surface area contributed by atoms with Gasteiger partial charge in [0.2, 0.25) is 0 Å². The third-order valence-corrected chi connectivity index (χ3v) is 6.63. The summed E-state index contributed by atoms with van der Waals surface area (Å²) in [7, 11) is 0. The number of anilines is 3. The first kappa shape index (κ1) is 20.3. The molecule has 0 spiro atoms. The summed E-state index contributed by atoms with van der Waals surface area (Å²) < 4.78 is 6.74. The molecule has 0 bridgehead atoms. The number of benzene rings is 3. The molecule has 2 aromatic heterocycles. The van der Waals surface area contributed by atoms with Gasteiger partial charge < -0.3 is 20.4 Å². The van der Waals surface area contributed by atoms with Crippen molar-refractivity contribution in [1.82, 2.24) is 9.97 Å². The van der Waals surface area contributed by atoms with E-state index in [9.17, 15) is 9.59 Å². The summed E-state index contributed by atoms with van der Waals surface area (Å²) >= 11 is 1.57. The zero-order chi connectivity index (χ0) is 23.1. The van der Waals surface area contributed by atoms with Crippen LogP contribution in [0.15, 0.2) is 72.9 Å². The van der Waals surface area contributed by atoms with Crippen molar-refractivity contribution in [3.8, 4) is 5.75 Å². The fraction of sp³-hybridized carbons (Fsp3) is 0.0800. The third kappa shape index (κ3) is 3.82. The summed E-state index contributed by atoms with van der Waals surface area (Å²) in [6.45, 7) is 0.298. The van der Waals surface area contributed by atoms with Gasteiger partial charge in [0, 0.05) is 29.2 Å². The fourth-order valence-corrected chi connectivity index (χ4v) is 4.95. The maximum atomic E-state index is 12.6. The number of nitrogens with zero attached hydrogens (tertiary/aromatic N) is 2.